The van der Waals surface area contributed by atoms with Crippen molar-refractivity contribution in [1.82, 2.24) is 20.2 Å². The van der Waals surface area contributed by atoms with Crippen LogP contribution < -0.4 is 10.6 Å². The van der Waals surface area contributed by atoms with Gasteiger partial charge in [-0.2, -0.15) is 0 Å². The molecule has 0 saturated carbocycles. The fourth-order valence-electron chi connectivity index (χ4n) is 1.44. The molecule has 0 atom stereocenters. The molecule has 0 bridgehead atoms. The summed E-state index contributed by atoms with van der Waals surface area (Å²) in [6.07, 6.45) is 2.17. The molecular weight excluding hydrogens is 220 g/mol. The van der Waals surface area contributed by atoms with Crippen LogP contribution in [0.1, 0.15) is 37.8 Å². The number of hydrogen-bond acceptors (Lipinski definition) is 5. The van der Waals surface area contributed by atoms with Crippen molar-refractivity contribution in [3.63, 3.8) is 0 Å². The van der Waals surface area contributed by atoms with Crippen LogP contribution in [0, 0.1) is 0 Å². The van der Waals surface area contributed by atoms with Gasteiger partial charge in [-0.25, -0.2) is 0 Å². The van der Waals surface area contributed by atoms with Crippen LogP contribution in [0.25, 0.3) is 0 Å². The molecule has 5 heteroatoms. The molecule has 0 saturated heterocycles. The SMILES string of the molecule is CCCc1nnsc1CNCCNC(C)C. The molecule has 1 rings (SSSR count). The predicted molar refractivity (Wildman–Crippen MR) is 68.7 cm³/mol. The molecule has 16 heavy (non-hydrogen) atoms. The zero-order valence-electron chi connectivity index (χ0n) is 10.4. The van der Waals surface area contributed by atoms with Gasteiger partial charge in [-0.15, -0.1) is 5.10 Å². The molecule has 0 aliphatic heterocycles. The molecule has 1 aromatic rings. The molecule has 0 radical (unpaired) electrons. The molecule has 92 valence electrons. The maximum Gasteiger partial charge on any atom is 0.0800 e. The van der Waals surface area contributed by atoms with Gasteiger partial charge < -0.3 is 10.6 Å². The van der Waals surface area contributed by atoms with Crippen molar-refractivity contribution in [3.05, 3.63) is 10.6 Å². The highest BCUT2D eigenvalue weighted by Gasteiger charge is 2.05. The average Bonchev–Trinajstić information content (AvgIpc) is 2.65. The second-order valence-corrected chi connectivity index (χ2v) is 5.02. The summed E-state index contributed by atoms with van der Waals surface area (Å²) in [7, 11) is 0. The third-order valence-corrected chi connectivity index (χ3v) is 3.02. The highest BCUT2D eigenvalue weighted by molar-refractivity contribution is 7.05. The van der Waals surface area contributed by atoms with E-state index in [-0.39, 0.29) is 0 Å². The summed E-state index contributed by atoms with van der Waals surface area (Å²) in [5.41, 5.74) is 1.16. The van der Waals surface area contributed by atoms with E-state index in [2.05, 4.69) is 41.0 Å². The first-order valence-corrected chi connectivity index (χ1v) is 6.75. The van der Waals surface area contributed by atoms with Crippen molar-refractivity contribution >= 4 is 11.5 Å². The molecule has 0 aliphatic rings. The van der Waals surface area contributed by atoms with E-state index in [9.17, 15) is 0 Å². The Kier molecular flexibility index (Phi) is 6.52. The van der Waals surface area contributed by atoms with E-state index in [1.807, 2.05) is 0 Å². The fraction of sp³-hybridized carbons (Fsp3) is 0.818. The van der Waals surface area contributed by atoms with Crippen molar-refractivity contribution in [3.8, 4) is 0 Å². The Hall–Kier alpha value is -0.520. The van der Waals surface area contributed by atoms with E-state index in [4.69, 9.17) is 0 Å². The van der Waals surface area contributed by atoms with Gasteiger partial charge in [0, 0.05) is 25.7 Å². The van der Waals surface area contributed by atoms with Gasteiger partial charge in [0.05, 0.1) is 10.6 Å². The number of aryl methyl sites for hydroxylation is 1. The fourth-order valence-corrected chi connectivity index (χ4v) is 2.09. The summed E-state index contributed by atoms with van der Waals surface area (Å²) in [5.74, 6) is 0. The quantitative estimate of drug-likeness (QED) is 0.680. The van der Waals surface area contributed by atoms with Crippen molar-refractivity contribution in [1.29, 1.82) is 0 Å². The Balaban J connectivity index is 2.18. The first kappa shape index (κ1) is 13.5. The van der Waals surface area contributed by atoms with E-state index in [0.717, 1.165) is 38.2 Å². The van der Waals surface area contributed by atoms with Crippen LogP contribution >= 0.6 is 11.5 Å². The van der Waals surface area contributed by atoms with E-state index in [1.165, 1.54) is 16.4 Å². The minimum absolute atomic E-state index is 0.558. The lowest BCUT2D eigenvalue weighted by atomic mass is 10.2. The van der Waals surface area contributed by atoms with Crippen LogP contribution in [0.3, 0.4) is 0 Å². The van der Waals surface area contributed by atoms with Gasteiger partial charge in [-0.05, 0) is 18.0 Å². The largest absolute Gasteiger partial charge is 0.313 e. The zero-order valence-corrected chi connectivity index (χ0v) is 11.2. The molecule has 4 nitrogen and oxygen atoms in total. The van der Waals surface area contributed by atoms with Crippen LogP contribution in [-0.4, -0.2) is 28.7 Å². The molecular formula is C11H22N4S. The standard InChI is InChI=1S/C11H22N4S/c1-4-5-10-11(16-15-14-10)8-12-6-7-13-9(2)3/h9,12-13H,4-8H2,1-3H3. The lowest BCUT2D eigenvalue weighted by Gasteiger charge is -2.08. The number of aromatic nitrogens is 2. The van der Waals surface area contributed by atoms with Crippen molar-refractivity contribution < 1.29 is 0 Å². The normalized spacial score (nSPS) is 11.2. The molecule has 2 N–H and O–H groups in total. The number of nitrogens with zero attached hydrogens (tertiary/aromatic N) is 2. The van der Waals surface area contributed by atoms with E-state index in [0.29, 0.717) is 6.04 Å². The van der Waals surface area contributed by atoms with E-state index < -0.39 is 0 Å². The molecule has 1 aromatic heterocycles. The minimum Gasteiger partial charge on any atom is -0.313 e. The van der Waals surface area contributed by atoms with Gasteiger partial charge in [-0.1, -0.05) is 31.7 Å². The van der Waals surface area contributed by atoms with Gasteiger partial charge in [0.2, 0.25) is 0 Å². The Bertz CT molecular complexity index is 285. The maximum atomic E-state index is 4.15. The van der Waals surface area contributed by atoms with Crippen molar-refractivity contribution in [2.45, 2.75) is 46.2 Å². The van der Waals surface area contributed by atoms with E-state index >= 15 is 0 Å². The number of rotatable bonds is 8. The summed E-state index contributed by atoms with van der Waals surface area (Å²) >= 11 is 1.51. The number of nitrogens with one attached hydrogen (secondary N) is 2. The van der Waals surface area contributed by atoms with Crippen LogP contribution in [0.15, 0.2) is 0 Å². The molecule has 0 spiro atoms. The smallest absolute Gasteiger partial charge is 0.0800 e. The topological polar surface area (TPSA) is 49.8 Å². The Labute approximate surface area is 102 Å². The maximum absolute atomic E-state index is 4.15. The van der Waals surface area contributed by atoms with Crippen LogP contribution in [0.5, 0.6) is 0 Å². The first-order chi connectivity index (χ1) is 7.74. The Morgan fingerprint density at radius 1 is 1.31 bits per heavy atom. The highest BCUT2D eigenvalue weighted by Crippen LogP contribution is 2.11. The second-order valence-electron chi connectivity index (χ2n) is 4.18. The molecule has 0 aliphatic carbocycles. The second kappa shape index (κ2) is 7.70. The summed E-state index contributed by atoms with van der Waals surface area (Å²) in [6, 6.07) is 0.558. The van der Waals surface area contributed by atoms with E-state index in [1.54, 1.807) is 0 Å². The minimum atomic E-state index is 0.558. The van der Waals surface area contributed by atoms with Crippen LogP contribution in [0.4, 0.5) is 0 Å². The molecule has 0 fully saturated rings. The molecule has 0 aromatic carbocycles. The monoisotopic (exact) mass is 242 g/mol. The van der Waals surface area contributed by atoms with Gasteiger partial charge in [-0.3, -0.25) is 0 Å². The highest BCUT2D eigenvalue weighted by atomic mass is 32.1. The Morgan fingerprint density at radius 3 is 2.81 bits per heavy atom. The summed E-state index contributed by atoms with van der Waals surface area (Å²) in [6.45, 7) is 9.38. The van der Waals surface area contributed by atoms with Crippen LogP contribution in [-0.2, 0) is 13.0 Å². The third kappa shape index (κ3) is 5.01. The zero-order chi connectivity index (χ0) is 11.8. The summed E-state index contributed by atoms with van der Waals surface area (Å²) in [5, 5.41) is 10.9. The van der Waals surface area contributed by atoms with Gasteiger partial charge >= 0.3 is 0 Å². The predicted octanol–water partition coefficient (Wildman–Crippen LogP) is 1.58. The third-order valence-electron chi connectivity index (χ3n) is 2.26. The molecule has 0 unspecified atom stereocenters. The molecule has 0 amide bonds. The summed E-state index contributed by atoms with van der Waals surface area (Å²) < 4.78 is 4.00. The summed E-state index contributed by atoms with van der Waals surface area (Å²) in [4.78, 5) is 1.28. The van der Waals surface area contributed by atoms with Gasteiger partial charge in [0.1, 0.15) is 0 Å². The van der Waals surface area contributed by atoms with Crippen LogP contribution in [0.2, 0.25) is 0 Å². The first-order valence-electron chi connectivity index (χ1n) is 5.98. The van der Waals surface area contributed by atoms with Crippen molar-refractivity contribution in [2.75, 3.05) is 13.1 Å². The lowest BCUT2D eigenvalue weighted by Crippen LogP contribution is -2.31. The van der Waals surface area contributed by atoms with Crippen molar-refractivity contribution in [2.24, 2.45) is 0 Å². The Morgan fingerprint density at radius 2 is 2.12 bits per heavy atom. The average molecular weight is 242 g/mol. The molecule has 1 heterocycles. The van der Waals surface area contributed by atoms with Gasteiger partial charge in [0.25, 0.3) is 0 Å². The van der Waals surface area contributed by atoms with Gasteiger partial charge in [0.15, 0.2) is 0 Å². The number of hydrogen-bond donors (Lipinski definition) is 2. The lowest BCUT2D eigenvalue weighted by molar-refractivity contribution is 0.556.